The van der Waals surface area contributed by atoms with Gasteiger partial charge in [-0.1, -0.05) is 42.2 Å². The van der Waals surface area contributed by atoms with Crippen LogP contribution in [0.15, 0.2) is 79.0 Å². The summed E-state index contributed by atoms with van der Waals surface area (Å²) >= 11 is 0. The third-order valence-corrected chi connectivity index (χ3v) is 5.42. The molecule has 4 aromatic rings. The van der Waals surface area contributed by atoms with Crippen LogP contribution in [0.1, 0.15) is 34.0 Å². The van der Waals surface area contributed by atoms with Crippen LogP contribution in [-0.4, -0.2) is 31.7 Å². The lowest BCUT2D eigenvalue weighted by Crippen LogP contribution is -2.21. The number of pyridine rings is 1. The van der Waals surface area contributed by atoms with Crippen LogP contribution in [0.5, 0.6) is 5.75 Å². The molecule has 4 rings (SSSR count). The van der Waals surface area contributed by atoms with Gasteiger partial charge in [-0.2, -0.15) is 0 Å². The number of aromatic nitrogens is 1. The van der Waals surface area contributed by atoms with Gasteiger partial charge in [0.15, 0.2) is 0 Å². The van der Waals surface area contributed by atoms with Gasteiger partial charge in [0.2, 0.25) is 0 Å². The Balaban J connectivity index is 1.78. The molecule has 0 unspecified atom stereocenters. The van der Waals surface area contributed by atoms with Gasteiger partial charge >= 0.3 is 5.97 Å². The topological polar surface area (TPSA) is 51.7 Å². The summed E-state index contributed by atoms with van der Waals surface area (Å²) in [6.07, 6.45) is 1.59. The lowest BCUT2D eigenvalue weighted by Gasteiger charge is -2.24. The summed E-state index contributed by atoms with van der Waals surface area (Å²) in [6, 6.07) is 23.6. The van der Waals surface area contributed by atoms with E-state index in [1.807, 2.05) is 84.7 Å². The number of carbonyl (C=O) groups excluding carboxylic acids is 1. The quantitative estimate of drug-likeness (QED) is 0.289. The second kappa shape index (κ2) is 10.5. The summed E-state index contributed by atoms with van der Waals surface area (Å²) < 4.78 is 10.6. The lowest BCUT2D eigenvalue weighted by atomic mass is 10.0. The summed E-state index contributed by atoms with van der Waals surface area (Å²) in [5, 5.41) is 0.849. The van der Waals surface area contributed by atoms with Crippen molar-refractivity contribution in [2.24, 2.45) is 0 Å². The van der Waals surface area contributed by atoms with Crippen LogP contribution in [0.3, 0.4) is 0 Å². The number of carbonyl (C=O) groups is 1. The molecule has 0 aliphatic heterocycles. The Morgan fingerprint density at radius 1 is 0.971 bits per heavy atom. The fraction of sp³-hybridized carbons (Fsp3) is 0.172. The molecule has 0 amide bonds. The molecule has 170 valence electrons. The SMILES string of the molecule is CCOC(=O)c1cnc2ccc(C#Cc3ccccc3)cc2c1N(C)Cc1ccc(OC)cc1. The Bertz CT molecular complexity index is 1350. The number of ether oxygens (including phenoxy) is 2. The Labute approximate surface area is 200 Å². The van der Waals surface area contributed by atoms with Gasteiger partial charge in [-0.3, -0.25) is 4.98 Å². The first-order valence-electron chi connectivity index (χ1n) is 11.1. The molecule has 0 saturated carbocycles. The second-order valence-electron chi connectivity index (χ2n) is 7.79. The van der Waals surface area contributed by atoms with E-state index in [-0.39, 0.29) is 0 Å². The molecule has 0 N–H and O–H groups in total. The Morgan fingerprint density at radius 2 is 1.71 bits per heavy atom. The normalized spacial score (nSPS) is 10.3. The highest BCUT2D eigenvalue weighted by molar-refractivity contribution is 6.05. The van der Waals surface area contributed by atoms with Crippen molar-refractivity contribution < 1.29 is 14.3 Å². The Morgan fingerprint density at radius 3 is 2.41 bits per heavy atom. The van der Waals surface area contributed by atoms with Crippen molar-refractivity contribution in [2.75, 3.05) is 25.7 Å². The first-order chi connectivity index (χ1) is 16.6. The summed E-state index contributed by atoms with van der Waals surface area (Å²) in [7, 11) is 3.61. The highest BCUT2D eigenvalue weighted by atomic mass is 16.5. The van der Waals surface area contributed by atoms with Crippen molar-refractivity contribution in [3.05, 3.63) is 101 Å². The first-order valence-corrected chi connectivity index (χ1v) is 11.1. The fourth-order valence-electron chi connectivity index (χ4n) is 3.78. The number of anilines is 1. The molecule has 0 spiro atoms. The van der Waals surface area contributed by atoms with E-state index in [4.69, 9.17) is 9.47 Å². The molecule has 5 nitrogen and oxygen atoms in total. The predicted molar refractivity (Wildman–Crippen MR) is 135 cm³/mol. The van der Waals surface area contributed by atoms with Crippen molar-refractivity contribution in [1.29, 1.82) is 0 Å². The van der Waals surface area contributed by atoms with Crippen molar-refractivity contribution in [3.63, 3.8) is 0 Å². The third-order valence-electron chi connectivity index (χ3n) is 5.42. The van der Waals surface area contributed by atoms with Gasteiger partial charge in [-0.25, -0.2) is 4.79 Å². The molecule has 0 fully saturated rings. The zero-order chi connectivity index (χ0) is 23.9. The van der Waals surface area contributed by atoms with Gasteiger partial charge in [-0.15, -0.1) is 0 Å². The molecule has 5 heteroatoms. The van der Waals surface area contributed by atoms with E-state index in [0.717, 1.165) is 39.0 Å². The van der Waals surface area contributed by atoms with Gasteiger partial charge in [0.25, 0.3) is 0 Å². The minimum atomic E-state index is -0.394. The fourth-order valence-corrected chi connectivity index (χ4v) is 3.78. The van der Waals surface area contributed by atoms with Crippen molar-refractivity contribution in [1.82, 2.24) is 4.98 Å². The van der Waals surface area contributed by atoms with Gasteiger partial charge in [0, 0.05) is 36.3 Å². The smallest absolute Gasteiger partial charge is 0.341 e. The van der Waals surface area contributed by atoms with Crippen LogP contribution >= 0.6 is 0 Å². The number of rotatable bonds is 6. The maximum atomic E-state index is 12.8. The molecule has 0 radical (unpaired) electrons. The van der Waals surface area contributed by atoms with E-state index in [1.54, 1.807) is 20.2 Å². The summed E-state index contributed by atoms with van der Waals surface area (Å²) in [5.41, 5.74) is 4.86. The summed E-state index contributed by atoms with van der Waals surface area (Å²) in [5.74, 6) is 6.83. The molecular weight excluding hydrogens is 424 g/mol. The Kier molecular flexibility index (Phi) is 7.10. The van der Waals surface area contributed by atoms with E-state index in [0.29, 0.717) is 18.7 Å². The average Bonchev–Trinajstić information content (AvgIpc) is 2.87. The van der Waals surface area contributed by atoms with Crippen molar-refractivity contribution >= 4 is 22.6 Å². The number of esters is 1. The standard InChI is InChI=1S/C29H26N2O3/c1-4-34-29(32)26-19-30-27-17-14-22(11-10-21-8-6-5-7-9-21)18-25(27)28(26)31(2)20-23-12-15-24(33-3)16-13-23/h5-9,12-19H,4,20H2,1-3H3. The maximum absolute atomic E-state index is 12.8. The van der Waals surface area contributed by atoms with Crippen LogP contribution in [0.25, 0.3) is 10.9 Å². The minimum absolute atomic E-state index is 0.293. The monoisotopic (exact) mass is 450 g/mol. The molecule has 0 atom stereocenters. The Hall–Kier alpha value is -4.30. The molecule has 3 aromatic carbocycles. The number of methoxy groups -OCH3 is 1. The molecular formula is C29H26N2O3. The van der Waals surface area contributed by atoms with Crippen LogP contribution in [0.2, 0.25) is 0 Å². The van der Waals surface area contributed by atoms with E-state index < -0.39 is 5.97 Å². The predicted octanol–water partition coefficient (Wildman–Crippen LogP) is 5.46. The van der Waals surface area contributed by atoms with Gasteiger partial charge < -0.3 is 14.4 Å². The van der Waals surface area contributed by atoms with E-state index >= 15 is 0 Å². The number of hydrogen-bond donors (Lipinski definition) is 0. The molecule has 1 aromatic heterocycles. The lowest BCUT2D eigenvalue weighted by molar-refractivity contribution is 0.0527. The molecule has 34 heavy (non-hydrogen) atoms. The van der Waals surface area contributed by atoms with Crippen molar-refractivity contribution in [2.45, 2.75) is 13.5 Å². The zero-order valence-electron chi connectivity index (χ0n) is 19.5. The highest BCUT2D eigenvalue weighted by Crippen LogP contribution is 2.31. The number of nitrogens with zero attached hydrogens (tertiary/aromatic N) is 2. The second-order valence-corrected chi connectivity index (χ2v) is 7.79. The third kappa shape index (κ3) is 5.19. The van der Waals surface area contributed by atoms with Gasteiger partial charge in [0.05, 0.1) is 24.9 Å². The largest absolute Gasteiger partial charge is 0.497 e. The molecule has 0 aliphatic rings. The maximum Gasteiger partial charge on any atom is 0.341 e. The minimum Gasteiger partial charge on any atom is -0.497 e. The van der Waals surface area contributed by atoms with E-state index in [1.165, 1.54) is 0 Å². The summed E-state index contributed by atoms with van der Waals surface area (Å²) in [6.45, 7) is 2.68. The van der Waals surface area contributed by atoms with Crippen LogP contribution < -0.4 is 9.64 Å². The number of benzene rings is 3. The average molecular weight is 451 g/mol. The van der Waals surface area contributed by atoms with E-state index in [9.17, 15) is 4.79 Å². The first kappa shape index (κ1) is 22.9. The van der Waals surface area contributed by atoms with Gasteiger partial charge in [0.1, 0.15) is 11.3 Å². The molecule has 0 bridgehead atoms. The molecule has 1 heterocycles. The van der Waals surface area contributed by atoms with E-state index in [2.05, 4.69) is 16.8 Å². The van der Waals surface area contributed by atoms with Crippen LogP contribution in [0, 0.1) is 11.8 Å². The van der Waals surface area contributed by atoms with Crippen LogP contribution in [0.4, 0.5) is 5.69 Å². The van der Waals surface area contributed by atoms with Crippen LogP contribution in [-0.2, 0) is 11.3 Å². The van der Waals surface area contributed by atoms with Gasteiger partial charge in [-0.05, 0) is 55.0 Å². The number of hydrogen-bond acceptors (Lipinski definition) is 5. The zero-order valence-corrected chi connectivity index (χ0v) is 19.5. The summed E-state index contributed by atoms with van der Waals surface area (Å²) in [4.78, 5) is 19.4. The molecule has 0 saturated heterocycles. The highest BCUT2D eigenvalue weighted by Gasteiger charge is 2.20. The number of fused-ring (bicyclic) bond motifs is 1. The molecule has 0 aliphatic carbocycles. The van der Waals surface area contributed by atoms with Crippen molar-refractivity contribution in [3.8, 4) is 17.6 Å².